The Balaban J connectivity index is 1.07. The van der Waals surface area contributed by atoms with E-state index in [4.69, 9.17) is 42.6 Å². The van der Waals surface area contributed by atoms with Crippen LogP contribution in [0.3, 0.4) is 0 Å². The van der Waals surface area contributed by atoms with Gasteiger partial charge in [0.25, 0.3) is 0 Å². The van der Waals surface area contributed by atoms with Crippen LogP contribution >= 0.6 is 23.2 Å². The molecule has 210 valence electrons. The number of rotatable bonds is 5. The molecule has 3 aliphatic heterocycles. The standard InChI is InChI=1S/C27H35Cl2N7O3/c1-16(23-20(28)11-30-12-21(23)29)39-18-4-5-22-19(8-18)24(34-33-22)17-9-31-25(32-10-17)36-14-27(15-36)6-3-7-35(13-27)26(37)38-2/h9-12,16,18-19,22,24,33-34H,3-8,13-15H2,1-2H3/t16-,18?,19?,22?,24?/m1/s1. The second-order valence-electron chi connectivity index (χ2n) is 11.4. The van der Waals surface area contributed by atoms with Gasteiger partial charge in [0.15, 0.2) is 0 Å². The fourth-order valence-electron chi connectivity index (χ4n) is 6.95. The Morgan fingerprint density at radius 2 is 1.85 bits per heavy atom. The zero-order valence-corrected chi connectivity index (χ0v) is 23.8. The zero-order valence-electron chi connectivity index (χ0n) is 22.3. The number of aromatic nitrogens is 3. The maximum absolute atomic E-state index is 12.0. The Labute approximate surface area is 238 Å². The van der Waals surface area contributed by atoms with Gasteiger partial charge in [-0.2, -0.15) is 0 Å². The van der Waals surface area contributed by atoms with Gasteiger partial charge < -0.3 is 19.3 Å². The second-order valence-corrected chi connectivity index (χ2v) is 12.2. The molecule has 1 saturated carbocycles. The lowest BCUT2D eigenvalue weighted by atomic mass is 9.73. The van der Waals surface area contributed by atoms with Crippen LogP contribution in [0.4, 0.5) is 10.7 Å². The molecule has 6 rings (SSSR count). The SMILES string of the molecule is COC(=O)N1CCCC2(C1)CN(c1ncc(C3NNC4CCC(O[C@H](C)c5c(Cl)cncc5Cl)CC43)cn1)C2. The number of hydrogen-bond donors (Lipinski definition) is 2. The molecule has 3 saturated heterocycles. The fourth-order valence-corrected chi connectivity index (χ4v) is 7.62. The molecule has 4 aliphatic rings. The van der Waals surface area contributed by atoms with Gasteiger partial charge in [0, 0.05) is 73.6 Å². The molecule has 39 heavy (non-hydrogen) atoms. The lowest BCUT2D eigenvalue weighted by Crippen LogP contribution is -2.64. The summed E-state index contributed by atoms with van der Waals surface area (Å²) in [5.41, 5.74) is 8.93. The largest absolute Gasteiger partial charge is 0.453 e. The third-order valence-electron chi connectivity index (χ3n) is 8.84. The van der Waals surface area contributed by atoms with Crippen molar-refractivity contribution in [2.24, 2.45) is 11.3 Å². The van der Waals surface area contributed by atoms with Crippen molar-refractivity contribution in [3.05, 3.63) is 46.0 Å². The number of nitrogens with zero attached hydrogens (tertiary/aromatic N) is 5. The number of amides is 1. The number of anilines is 1. The van der Waals surface area contributed by atoms with Gasteiger partial charge in [-0.15, -0.1) is 0 Å². The van der Waals surface area contributed by atoms with Gasteiger partial charge >= 0.3 is 6.09 Å². The molecule has 0 bridgehead atoms. The summed E-state index contributed by atoms with van der Waals surface area (Å²) < 4.78 is 11.4. The van der Waals surface area contributed by atoms with Crippen LogP contribution in [0.1, 0.15) is 62.3 Å². The number of nitrogens with one attached hydrogen (secondary N) is 2. The number of halogens is 2. The number of carbonyl (C=O) groups is 1. The van der Waals surface area contributed by atoms with Crippen LogP contribution in [0.15, 0.2) is 24.8 Å². The van der Waals surface area contributed by atoms with E-state index in [1.165, 1.54) is 7.11 Å². The van der Waals surface area contributed by atoms with E-state index >= 15 is 0 Å². The minimum atomic E-state index is -0.237. The highest BCUT2D eigenvalue weighted by molar-refractivity contribution is 6.35. The summed E-state index contributed by atoms with van der Waals surface area (Å²) in [6.45, 7) is 5.21. The van der Waals surface area contributed by atoms with Crippen LogP contribution < -0.4 is 15.8 Å². The normalized spacial score (nSPS) is 28.6. The lowest BCUT2D eigenvalue weighted by Gasteiger charge is -2.54. The van der Waals surface area contributed by atoms with E-state index in [0.29, 0.717) is 22.0 Å². The minimum absolute atomic E-state index is 0.100. The van der Waals surface area contributed by atoms with Gasteiger partial charge in [0.2, 0.25) is 5.95 Å². The molecule has 2 aromatic heterocycles. The predicted molar refractivity (Wildman–Crippen MR) is 148 cm³/mol. The maximum Gasteiger partial charge on any atom is 0.409 e. The third kappa shape index (κ3) is 5.29. The summed E-state index contributed by atoms with van der Waals surface area (Å²) >= 11 is 12.7. The summed E-state index contributed by atoms with van der Waals surface area (Å²) in [7, 11) is 1.44. The molecule has 5 heterocycles. The average molecular weight is 577 g/mol. The third-order valence-corrected chi connectivity index (χ3v) is 9.45. The number of hydrogen-bond acceptors (Lipinski definition) is 9. The molecule has 12 heteroatoms. The monoisotopic (exact) mass is 575 g/mol. The Morgan fingerprint density at radius 1 is 1.10 bits per heavy atom. The van der Waals surface area contributed by atoms with Crippen molar-refractivity contribution in [2.75, 3.05) is 38.2 Å². The molecular formula is C27H35Cl2N7O3. The first-order valence-electron chi connectivity index (χ1n) is 13.7. The van der Waals surface area contributed by atoms with E-state index in [9.17, 15) is 4.79 Å². The van der Waals surface area contributed by atoms with Crippen LogP contribution in [-0.4, -0.2) is 71.4 Å². The van der Waals surface area contributed by atoms with Crippen LogP contribution in [0.2, 0.25) is 10.0 Å². The van der Waals surface area contributed by atoms with Gasteiger partial charge in [0.1, 0.15) is 0 Å². The number of hydrazine groups is 1. The van der Waals surface area contributed by atoms with E-state index in [2.05, 4.69) is 20.7 Å². The molecule has 1 spiro atoms. The van der Waals surface area contributed by atoms with Gasteiger partial charge in [-0.05, 0) is 44.9 Å². The van der Waals surface area contributed by atoms with E-state index in [1.54, 1.807) is 12.4 Å². The van der Waals surface area contributed by atoms with Gasteiger partial charge in [-0.1, -0.05) is 23.2 Å². The Hall–Kier alpha value is -2.24. The minimum Gasteiger partial charge on any atom is -0.453 e. The van der Waals surface area contributed by atoms with E-state index in [0.717, 1.165) is 75.4 Å². The fraction of sp³-hybridized carbons (Fsp3) is 0.630. The first-order valence-corrected chi connectivity index (χ1v) is 14.5. The summed E-state index contributed by atoms with van der Waals surface area (Å²) in [6, 6.07) is 0.478. The van der Waals surface area contributed by atoms with Crippen LogP contribution in [0.25, 0.3) is 0 Å². The highest BCUT2D eigenvalue weighted by atomic mass is 35.5. The van der Waals surface area contributed by atoms with Crippen molar-refractivity contribution in [1.29, 1.82) is 0 Å². The van der Waals surface area contributed by atoms with Crippen LogP contribution in [-0.2, 0) is 9.47 Å². The Bertz CT molecular complexity index is 1180. The smallest absolute Gasteiger partial charge is 0.409 e. The first-order chi connectivity index (χ1) is 18.9. The highest BCUT2D eigenvalue weighted by Gasteiger charge is 2.48. The number of pyridine rings is 1. The zero-order chi connectivity index (χ0) is 27.1. The molecule has 2 aromatic rings. The average Bonchev–Trinajstić information content (AvgIpc) is 3.34. The number of fused-ring (bicyclic) bond motifs is 1. The van der Waals surface area contributed by atoms with E-state index in [-0.39, 0.29) is 29.8 Å². The summed E-state index contributed by atoms with van der Waals surface area (Å²) in [5, 5.41) is 1.06. The first kappa shape index (κ1) is 27.0. The topological polar surface area (TPSA) is 105 Å². The molecule has 0 radical (unpaired) electrons. The summed E-state index contributed by atoms with van der Waals surface area (Å²) in [6.07, 6.45) is 11.7. The molecule has 4 unspecified atom stereocenters. The van der Waals surface area contributed by atoms with Gasteiger partial charge in [0.05, 0.1) is 35.4 Å². The van der Waals surface area contributed by atoms with E-state index < -0.39 is 0 Å². The van der Waals surface area contributed by atoms with Crippen molar-refractivity contribution >= 4 is 35.2 Å². The molecule has 1 amide bonds. The molecule has 2 N–H and O–H groups in total. The molecule has 0 aromatic carbocycles. The number of piperidine rings is 1. The second kappa shape index (κ2) is 11.0. The van der Waals surface area contributed by atoms with Gasteiger partial charge in [-0.3, -0.25) is 10.4 Å². The Kier molecular flexibility index (Phi) is 7.58. The number of ether oxygens (including phenoxy) is 2. The van der Waals surface area contributed by atoms with Gasteiger partial charge in [-0.25, -0.2) is 20.2 Å². The van der Waals surface area contributed by atoms with Crippen molar-refractivity contribution in [3.8, 4) is 0 Å². The van der Waals surface area contributed by atoms with Crippen LogP contribution in [0, 0.1) is 11.3 Å². The van der Waals surface area contributed by atoms with Crippen molar-refractivity contribution in [3.63, 3.8) is 0 Å². The molecule has 5 atom stereocenters. The quantitative estimate of drug-likeness (QED) is 0.539. The van der Waals surface area contributed by atoms with Crippen molar-refractivity contribution in [2.45, 2.75) is 63.3 Å². The summed E-state index contributed by atoms with van der Waals surface area (Å²) in [4.78, 5) is 29.6. The van der Waals surface area contributed by atoms with Crippen molar-refractivity contribution < 1.29 is 14.3 Å². The van der Waals surface area contributed by atoms with E-state index in [1.807, 2.05) is 24.2 Å². The summed E-state index contributed by atoms with van der Waals surface area (Å²) in [5.74, 6) is 1.10. The number of carbonyl (C=O) groups excluding carboxylic acids is 1. The molecule has 4 fully saturated rings. The van der Waals surface area contributed by atoms with Crippen LogP contribution in [0.5, 0.6) is 0 Å². The van der Waals surface area contributed by atoms with Crippen molar-refractivity contribution in [1.82, 2.24) is 30.7 Å². The molecular weight excluding hydrogens is 541 g/mol. The lowest BCUT2D eigenvalue weighted by molar-refractivity contribution is -0.0370. The predicted octanol–water partition coefficient (Wildman–Crippen LogP) is 4.31. The molecule has 1 aliphatic carbocycles. The number of likely N-dealkylation sites (tertiary alicyclic amines) is 1. The maximum atomic E-state index is 12.0. The highest BCUT2D eigenvalue weighted by Crippen LogP contribution is 2.43. The number of methoxy groups -OCH3 is 1. The Morgan fingerprint density at radius 3 is 2.56 bits per heavy atom. The molecule has 10 nitrogen and oxygen atoms in total.